The van der Waals surface area contributed by atoms with Crippen molar-refractivity contribution >= 4 is 11.6 Å². The number of ether oxygens (including phenoxy) is 3. The van der Waals surface area contributed by atoms with E-state index in [0.717, 1.165) is 12.2 Å². The molecule has 5 heteroatoms. The summed E-state index contributed by atoms with van der Waals surface area (Å²) in [7, 11) is 0. The highest BCUT2D eigenvalue weighted by molar-refractivity contribution is 6.06. The number of carbonyl (C=O) groups excluding carboxylic acids is 1. The van der Waals surface area contributed by atoms with Gasteiger partial charge in [-0.3, -0.25) is 4.79 Å². The van der Waals surface area contributed by atoms with Gasteiger partial charge in [0, 0.05) is 11.8 Å². The fourth-order valence-electron chi connectivity index (χ4n) is 2.35. The van der Waals surface area contributed by atoms with Gasteiger partial charge in [0.2, 0.25) is 0 Å². The SMILES string of the molecule is CCOc1ccc(C(=O)Nc2ccc(O[C@@H](C)CC)cc2)c(OCC)c1. The number of amides is 1. The monoisotopic (exact) mass is 357 g/mol. The predicted octanol–water partition coefficient (Wildman–Crippen LogP) is 4.91. The summed E-state index contributed by atoms with van der Waals surface area (Å²) in [5.74, 6) is 1.74. The van der Waals surface area contributed by atoms with Crippen LogP contribution >= 0.6 is 0 Å². The highest BCUT2D eigenvalue weighted by Gasteiger charge is 2.14. The molecule has 1 amide bonds. The Morgan fingerprint density at radius 1 is 0.962 bits per heavy atom. The maximum absolute atomic E-state index is 12.6. The summed E-state index contributed by atoms with van der Waals surface area (Å²) in [5.41, 5.74) is 1.16. The summed E-state index contributed by atoms with van der Waals surface area (Å²) in [6, 6.07) is 12.6. The molecule has 0 saturated carbocycles. The average molecular weight is 357 g/mol. The zero-order valence-corrected chi connectivity index (χ0v) is 15.9. The number of benzene rings is 2. The van der Waals surface area contributed by atoms with Gasteiger partial charge in [0.05, 0.1) is 24.9 Å². The molecule has 0 aliphatic carbocycles. The smallest absolute Gasteiger partial charge is 0.259 e. The molecule has 2 aromatic rings. The van der Waals surface area contributed by atoms with Crippen molar-refractivity contribution in [1.82, 2.24) is 0 Å². The lowest BCUT2D eigenvalue weighted by molar-refractivity contribution is 0.102. The van der Waals surface area contributed by atoms with Gasteiger partial charge in [-0.25, -0.2) is 0 Å². The van der Waals surface area contributed by atoms with Crippen LogP contribution in [0, 0.1) is 0 Å². The van der Waals surface area contributed by atoms with Crippen molar-refractivity contribution in [3.05, 3.63) is 48.0 Å². The molecule has 0 spiro atoms. The maximum atomic E-state index is 12.6. The van der Waals surface area contributed by atoms with Crippen molar-refractivity contribution in [3.63, 3.8) is 0 Å². The quantitative estimate of drug-likeness (QED) is 0.692. The minimum atomic E-state index is -0.230. The molecule has 0 saturated heterocycles. The average Bonchev–Trinajstić information content (AvgIpc) is 2.64. The van der Waals surface area contributed by atoms with Crippen LogP contribution in [0.25, 0.3) is 0 Å². The molecule has 0 heterocycles. The van der Waals surface area contributed by atoms with Crippen LogP contribution < -0.4 is 19.5 Å². The zero-order valence-electron chi connectivity index (χ0n) is 15.9. The fraction of sp³-hybridized carbons (Fsp3) is 0.381. The molecule has 0 bridgehead atoms. The predicted molar refractivity (Wildman–Crippen MR) is 104 cm³/mol. The lowest BCUT2D eigenvalue weighted by Gasteiger charge is -2.14. The normalized spacial score (nSPS) is 11.5. The van der Waals surface area contributed by atoms with Crippen LogP contribution in [0.5, 0.6) is 17.2 Å². The van der Waals surface area contributed by atoms with Crippen molar-refractivity contribution in [3.8, 4) is 17.2 Å². The van der Waals surface area contributed by atoms with Crippen molar-refractivity contribution in [1.29, 1.82) is 0 Å². The van der Waals surface area contributed by atoms with E-state index < -0.39 is 0 Å². The van der Waals surface area contributed by atoms with E-state index in [1.165, 1.54) is 0 Å². The van der Waals surface area contributed by atoms with Crippen molar-refractivity contribution in [2.24, 2.45) is 0 Å². The second-order valence-electron chi connectivity index (χ2n) is 5.84. The fourth-order valence-corrected chi connectivity index (χ4v) is 2.35. The van der Waals surface area contributed by atoms with E-state index in [4.69, 9.17) is 14.2 Å². The van der Waals surface area contributed by atoms with E-state index in [2.05, 4.69) is 12.2 Å². The van der Waals surface area contributed by atoms with Crippen LogP contribution in [0.4, 0.5) is 5.69 Å². The third-order valence-corrected chi connectivity index (χ3v) is 3.83. The van der Waals surface area contributed by atoms with E-state index in [1.54, 1.807) is 18.2 Å². The van der Waals surface area contributed by atoms with Gasteiger partial charge in [0.15, 0.2) is 0 Å². The van der Waals surface area contributed by atoms with E-state index in [-0.39, 0.29) is 12.0 Å². The molecule has 140 valence electrons. The molecule has 0 aliphatic heterocycles. The number of nitrogens with one attached hydrogen (secondary N) is 1. The molecule has 1 N–H and O–H groups in total. The summed E-state index contributed by atoms with van der Waals surface area (Å²) >= 11 is 0. The minimum absolute atomic E-state index is 0.160. The Bertz CT molecular complexity index is 712. The first kappa shape index (κ1) is 19.6. The molecular formula is C21H27NO4. The molecule has 26 heavy (non-hydrogen) atoms. The largest absolute Gasteiger partial charge is 0.494 e. The Balaban J connectivity index is 2.11. The van der Waals surface area contributed by atoms with Crippen LogP contribution in [-0.2, 0) is 0 Å². The van der Waals surface area contributed by atoms with Gasteiger partial charge in [-0.2, -0.15) is 0 Å². The third kappa shape index (κ3) is 5.41. The molecule has 0 radical (unpaired) electrons. The van der Waals surface area contributed by atoms with Gasteiger partial charge >= 0.3 is 0 Å². The summed E-state index contributed by atoms with van der Waals surface area (Å²) < 4.78 is 16.8. The first-order chi connectivity index (χ1) is 12.6. The summed E-state index contributed by atoms with van der Waals surface area (Å²) in [4.78, 5) is 12.6. The third-order valence-electron chi connectivity index (χ3n) is 3.83. The lowest BCUT2D eigenvalue weighted by Crippen LogP contribution is -2.14. The van der Waals surface area contributed by atoms with Crippen molar-refractivity contribution in [2.45, 2.75) is 40.2 Å². The molecule has 0 unspecified atom stereocenters. The molecule has 0 aromatic heterocycles. The first-order valence-corrected chi connectivity index (χ1v) is 9.05. The topological polar surface area (TPSA) is 56.8 Å². The Morgan fingerprint density at radius 3 is 2.23 bits per heavy atom. The van der Waals surface area contributed by atoms with E-state index in [0.29, 0.717) is 36.0 Å². The van der Waals surface area contributed by atoms with E-state index >= 15 is 0 Å². The second kappa shape index (κ2) is 9.70. The molecule has 2 aromatic carbocycles. The number of hydrogen-bond acceptors (Lipinski definition) is 4. The maximum Gasteiger partial charge on any atom is 0.259 e. The van der Waals surface area contributed by atoms with Gasteiger partial charge in [0.1, 0.15) is 17.2 Å². The van der Waals surface area contributed by atoms with Gasteiger partial charge in [-0.1, -0.05) is 6.92 Å². The Kier molecular flexibility index (Phi) is 7.33. The van der Waals surface area contributed by atoms with Crippen LogP contribution in [0.15, 0.2) is 42.5 Å². The van der Waals surface area contributed by atoms with Gasteiger partial charge in [-0.15, -0.1) is 0 Å². The molecule has 1 atom stereocenters. The van der Waals surface area contributed by atoms with Gasteiger partial charge in [0.25, 0.3) is 5.91 Å². The Hall–Kier alpha value is -2.69. The Labute approximate surface area is 155 Å². The van der Waals surface area contributed by atoms with Crippen LogP contribution in [0.3, 0.4) is 0 Å². The lowest BCUT2D eigenvalue weighted by atomic mass is 10.1. The van der Waals surface area contributed by atoms with E-state index in [9.17, 15) is 4.79 Å². The first-order valence-electron chi connectivity index (χ1n) is 9.05. The second-order valence-corrected chi connectivity index (χ2v) is 5.84. The number of carbonyl (C=O) groups is 1. The summed E-state index contributed by atoms with van der Waals surface area (Å²) in [6.45, 7) is 8.92. The number of rotatable bonds is 9. The summed E-state index contributed by atoms with van der Waals surface area (Å²) in [6.07, 6.45) is 1.10. The molecule has 5 nitrogen and oxygen atoms in total. The Morgan fingerprint density at radius 2 is 1.62 bits per heavy atom. The number of hydrogen-bond donors (Lipinski definition) is 1. The molecule has 0 aliphatic rings. The van der Waals surface area contributed by atoms with Crippen LogP contribution in [0.1, 0.15) is 44.5 Å². The van der Waals surface area contributed by atoms with Crippen molar-refractivity contribution in [2.75, 3.05) is 18.5 Å². The standard InChI is InChI=1S/C21H27NO4/c1-5-15(4)26-17-10-8-16(9-11-17)22-21(23)19-13-12-18(24-6-2)14-20(19)25-7-3/h8-15H,5-7H2,1-4H3,(H,22,23)/t15-/m0/s1. The highest BCUT2D eigenvalue weighted by atomic mass is 16.5. The van der Waals surface area contributed by atoms with Gasteiger partial charge < -0.3 is 19.5 Å². The van der Waals surface area contributed by atoms with Crippen LogP contribution in [-0.4, -0.2) is 25.2 Å². The van der Waals surface area contributed by atoms with E-state index in [1.807, 2.05) is 45.0 Å². The van der Waals surface area contributed by atoms with Crippen molar-refractivity contribution < 1.29 is 19.0 Å². The minimum Gasteiger partial charge on any atom is -0.494 e. The summed E-state index contributed by atoms with van der Waals surface area (Å²) in [5, 5.41) is 2.89. The molecule has 2 rings (SSSR count). The zero-order chi connectivity index (χ0) is 18.9. The highest BCUT2D eigenvalue weighted by Crippen LogP contribution is 2.26. The molecule has 0 fully saturated rings. The number of anilines is 1. The van der Waals surface area contributed by atoms with Crippen LogP contribution in [0.2, 0.25) is 0 Å². The molecular weight excluding hydrogens is 330 g/mol. The van der Waals surface area contributed by atoms with Gasteiger partial charge in [-0.05, 0) is 63.6 Å².